The molecule has 2 heteroatoms. The van der Waals surface area contributed by atoms with Crippen LogP contribution in [0.3, 0.4) is 0 Å². The third-order valence-corrected chi connectivity index (χ3v) is 13.9. The van der Waals surface area contributed by atoms with Gasteiger partial charge in [-0.2, -0.15) is 0 Å². The molecule has 0 fully saturated rings. The first-order valence-corrected chi connectivity index (χ1v) is 13.0. The Morgan fingerprint density at radius 2 is 1.19 bits per heavy atom. The van der Waals surface area contributed by atoms with Crippen molar-refractivity contribution in [3.63, 3.8) is 0 Å². The molecule has 21 heavy (non-hydrogen) atoms. The van der Waals surface area contributed by atoms with E-state index in [1.54, 1.807) is 0 Å². The molecule has 0 nitrogen and oxygen atoms in total. The first-order valence-electron chi connectivity index (χ1n) is 8.72. The van der Waals surface area contributed by atoms with Crippen LogP contribution < -0.4 is 0 Å². The minimum absolute atomic E-state index is 0.0867. The van der Waals surface area contributed by atoms with Gasteiger partial charge in [0.05, 0.1) is 13.8 Å². The van der Waals surface area contributed by atoms with Crippen molar-refractivity contribution < 1.29 is 0 Å². The van der Waals surface area contributed by atoms with E-state index in [0.29, 0.717) is 10.6 Å². The summed E-state index contributed by atoms with van der Waals surface area (Å²) < 4.78 is 0. The van der Waals surface area contributed by atoms with Crippen molar-refractivity contribution in [2.24, 2.45) is 5.41 Å². The average molecular weight is 334 g/mol. The van der Waals surface area contributed by atoms with Gasteiger partial charge in [0, 0.05) is 0 Å². The minimum atomic E-state index is -0.881. The van der Waals surface area contributed by atoms with Crippen molar-refractivity contribution in [1.29, 1.82) is 0 Å². The molecular formula is C19H43P2+. The van der Waals surface area contributed by atoms with Crippen LogP contribution in [0.2, 0.25) is 0 Å². The summed E-state index contributed by atoms with van der Waals surface area (Å²) in [6.07, 6.45) is 15.3. The number of hydrogen-bond acceptors (Lipinski definition) is 0. The molecule has 0 saturated carbocycles. The van der Waals surface area contributed by atoms with Crippen molar-refractivity contribution in [2.75, 3.05) is 18.2 Å². The first-order chi connectivity index (χ1) is 9.43. The Labute approximate surface area is 137 Å². The molecule has 0 aromatic rings. The normalized spacial score (nSPS) is 13.5. The van der Waals surface area contributed by atoms with E-state index >= 15 is 0 Å². The second kappa shape index (κ2) is 10.3. The average Bonchev–Trinajstić information content (AvgIpc) is 2.47. The highest BCUT2D eigenvalue weighted by Crippen LogP contribution is 2.56. The van der Waals surface area contributed by atoms with Crippen LogP contribution in [-0.4, -0.2) is 36.0 Å². The van der Waals surface area contributed by atoms with Crippen molar-refractivity contribution in [3.05, 3.63) is 0 Å². The van der Waals surface area contributed by atoms with Crippen molar-refractivity contribution in [3.8, 4) is 0 Å². The fourth-order valence-electron chi connectivity index (χ4n) is 1.45. The predicted molar refractivity (Wildman–Crippen MR) is 113 cm³/mol. The van der Waals surface area contributed by atoms with Gasteiger partial charge in [0.15, 0.2) is 0 Å². The molecule has 0 aromatic carbocycles. The zero-order chi connectivity index (χ0) is 17.3. The van der Waals surface area contributed by atoms with Gasteiger partial charge >= 0.3 is 0 Å². The molecule has 0 aliphatic heterocycles. The van der Waals surface area contributed by atoms with E-state index < -0.39 is 6.89 Å². The fraction of sp³-hybridized carbons (Fsp3) is 0.895. The lowest BCUT2D eigenvalue weighted by Crippen LogP contribution is -2.14. The highest BCUT2D eigenvalue weighted by atomic mass is 31.2. The summed E-state index contributed by atoms with van der Waals surface area (Å²) in [4.78, 5) is 0. The standard InChI is InChI=1S/C12H27P2.C7H16/c1-8-12(4,5)13(6)11-14(7,9-2)10-3;1-5-7(3,4)6-2/h6-11H2,1-5H3;5-6H2,1-4H3/q+1;. The van der Waals surface area contributed by atoms with Gasteiger partial charge in [-0.25, -0.2) is 0 Å². The summed E-state index contributed by atoms with van der Waals surface area (Å²) in [6.45, 7) is 19.8. The second-order valence-corrected chi connectivity index (χ2v) is 15.1. The largest absolute Gasteiger partial charge is 0.123 e. The third-order valence-electron chi connectivity index (χ3n) is 5.45. The van der Waals surface area contributed by atoms with Gasteiger partial charge in [0.25, 0.3) is 0 Å². The number of rotatable bonds is 8. The summed E-state index contributed by atoms with van der Waals surface area (Å²) in [5.41, 5.74) is 0.583. The summed E-state index contributed by atoms with van der Waals surface area (Å²) in [6, 6.07) is 0. The molecule has 1 atom stereocenters. The van der Waals surface area contributed by atoms with E-state index in [9.17, 15) is 0 Å². The van der Waals surface area contributed by atoms with Gasteiger partial charge in [-0.15, -0.1) is 0 Å². The molecule has 1 unspecified atom stereocenters. The van der Waals surface area contributed by atoms with Crippen LogP contribution >= 0.6 is 14.4 Å². The van der Waals surface area contributed by atoms with E-state index in [-0.39, 0.29) is 7.55 Å². The van der Waals surface area contributed by atoms with E-state index in [1.165, 1.54) is 37.5 Å². The molecular weight excluding hydrogens is 290 g/mol. The minimum Gasteiger partial charge on any atom is -0.0969 e. The Bertz CT molecular complexity index is 323. The van der Waals surface area contributed by atoms with Gasteiger partial charge in [-0.1, -0.05) is 74.5 Å². The summed E-state index contributed by atoms with van der Waals surface area (Å²) >= 11 is 0. The monoisotopic (exact) mass is 333 g/mol. The molecule has 0 radical (unpaired) electrons. The van der Waals surface area contributed by atoms with E-state index in [1.807, 2.05) is 0 Å². The van der Waals surface area contributed by atoms with Crippen molar-refractivity contribution in [1.82, 2.24) is 0 Å². The lowest BCUT2D eigenvalue weighted by molar-refractivity contribution is 0.338. The van der Waals surface area contributed by atoms with Gasteiger partial charge in [-0.05, 0) is 38.0 Å². The molecule has 0 aliphatic carbocycles. The second-order valence-electron chi connectivity index (χ2n) is 7.69. The topological polar surface area (TPSA) is 0 Å². The molecule has 0 rings (SSSR count). The van der Waals surface area contributed by atoms with E-state index in [0.717, 1.165) is 0 Å². The third kappa shape index (κ3) is 9.97. The molecule has 0 saturated heterocycles. The molecule has 0 heterocycles. The van der Waals surface area contributed by atoms with Gasteiger partial charge in [0.1, 0.15) is 11.1 Å². The maximum Gasteiger partial charge on any atom is 0.123 e. The smallest absolute Gasteiger partial charge is 0.0969 e. The maximum absolute atomic E-state index is 4.48. The van der Waals surface area contributed by atoms with Gasteiger partial charge in [0.2, 0.25) is 0 Å². The Morgan fingerprint density at radius 3 is 1.38 bits per heavy atom. The van der Waals surface area contributed by atoms with Crippen molar-refractivity contribution >= 4 is 27.0 Å². The van der Waals surface area contributed by atoms with Crippen LogP contribution in [0, 0.1) is 5.41 Å². The maximum atomic E-state index is 4.48. The molecule has 0 bridgehead atoms. The summed E-state index contributed by atoms with van der Waals surface area (Å²) in [5.74, 6) is 1.33. The molecule has 128 valence electrons. The SMILES string of the molecule is C=[P+](CP(=C)(CC)CC)C(C)(C)CC.CCC(C)(C)CC. The van der Waals surface area contributed by atoms with Crippen LogP contribution in [0.15, 0.2) is 0 Å². The van der Waals surface area contributed by atoms with Crippen molar-refractivity contribution in [2.45, 2.75) is 86.7 Å². The lowest BCUT2D eigenvalue weighted by atomic mass is 9.88. The summed E-state index contributed by atoms with van der Waals surface area (Å²) in [5, 5.41) is 0.447. The fourth-order valence-corrected chi connectivity index (χ4v) is 8.37. The molecule has 0 aromatic heterocycles. The number of hydrogen-bond donors (Lipinski definition) is 0. The Hall–Kier alpha value is 0.470. The lowest BCUT2D eigenvalue weighted by Gasteiger charge is -2.22. The van der Waals surface area contributed by atoms with E-state index in [4.69, 9.17) is 0 Å². The molecule has 0 aliphatic rings. The zero-order valence-corrected chi connectivity index (χ0v) is 18.3. The quantitative estimate of drug-likeness (QED) is 0.407. The predicted octanol–water partition coefficient (Wildman–Crippen LogP) is 7.37. The highest BCUT2D eigenvalue weighted by molar-refractivity contribution is 7.83. The van der Waals surface area contributed by atoms with Crippen LogP contribution in [0.5, 0.6) is 0 Å². The molecule has 0 N–H and O–H groups in total. The zero-order valence-electron chi connectivity index (χ0n) is 16.6. The van der Waals surface area contributed by atoms with Gasteiger partial charge < -0.3 is 0 Å². The van der Waals surface area contributed by atoms with E-state index in [2.05, 4.69) is 74.9 Å². The van der Waals surface area contributed by atoms with Crippen LogP contribution in [0.1, 0.15) is 81.6 Å². The van der Waals surface area contributed by atoms with Crippen LogP contribution in [0.4, 0.5) is 0 Å². The summed E-state index contributed by atoms with van der Waals surface area (Å²) in [7, 11) is -0.0867. The first kappa shape index (κ1) is 23.7. The highest BCUT2D eigenvalue weighted by Gasteiger charge is 2.32. The molecule has 0 amide bonds. The van der Waals surface area contributed by atoms with Crippen LogP contribution in [0.25, 0.3) is 0 Å². The van der Waals surface area contributed by atoms with Crippen LogP contribution in [-0.2, 0) is 0 Å². The molecule has 0 spiro atoms. The Balaban J connectivity index is 0. The van der Waals surface area contributed by atoms with Gasteiger partial charge in [-0.3, -0.25) is 0 Å². The Morgan fingerprint density at radius 1 is 0.810 bits per heavy atom. The Kier molecular flexibility index (Phi) is 11.6.